The molecule has 2 nitrogen and oxygen atoms in total. The van der Waals surface area contributed by atoms with E-state index in [1.807, 2.05) is 0 Å². The summed E-state index contributed by atoms with van der Waals surface area (Å²) in [6, 6.07) is 31.8. The van der Waals surface area contributed by atoms with E-state index in [4.69, 9.17) is 11.5 Å². The highest BCUT2D eigenvalue weighted by Gasteiger charge is 2.43. The average Bonchev–Trinajstić information content (AvgIpc) is 3.03. The molecule has 0 saturated carbocycles. The van der Waals surface area contributed by atoms with Crippen LogP contribution >= 0.6 is 0 Å². The Morgan fingerprint density at radius 1 is 0.514 bits per heavy atom. The van der Waals surface area contributed by atoms with Crippen molar-refractivity contribution in [1.82, 2.24) is 0 Å². The average molecular weight is 483 g/mol. The maximum Gasteiger partial charge on any atom is 0.0707 e. The Bertz CT molecular complexity index is 1590. The van der Waals surface area contributed by atoms with Gasteiger partial charge in [-0.05, 0) is 113 Å². The van der Waals surface area contributed by atoms with E-state index < -0.39 is 5.41 Å². The normalized spacial score (nSPS) is 14.2. The SMILES string of the molecule is Cc1cc(C2(c3cc(C)c(N)c(C)c3)c3ccccc3CCc3cc4ccccc4cc32)cc(C)c1N. The van der Waals surface area contributed by atoms with Gasteiger partial charge in [0.05, 0.1) is 5.41 Å². The first kappa shape index (κ1) is 23.4. The lowest BCUT2D eigenvalue weighted by Gasteiger charge is -2.39. The topological polar surface area (TPSA) is 52.0 Å². The molecule has 0 aromatic heterocycles. The standard InChI is InChI=1S/C35H34N2/c1-21-15-29(16-22(2)33(21)36)35(30-17-23(3)34(37)24(4)18-30)31-12-8-7-9-25(31)13-14-28-19-26-10-5-6-11-27(26)20-32(28)35/h5-12,15-20H,13-14,36-37H2,1-4H3. The fraction of sp³-hybridized carbons (Fsp3) is 0.200. The van der Waals surface area contributed by atoms with Crippen LogP contribution < -0.4 is 11.5 Å². The molecule has 0 amide bonds. The van der Waals surface area contributed by atoms with Crippen molar-refractivity contribution < 1.29 is 0 Å². The highest BCUT2D eigenvalue weighted by atomic mass is 14.6. The first-order chi connectivity index (χ1) is 17.8. The second kappa shape index (κ2) is 8.52. The third-order valence-corrected chi connectivity index (χ3v) is 8.51. The number of fused-ring (bicyclic) bond motifs is 3. The number of hydrogen-bond donors (Lipinski definition) is 2. The van der Waals surface area contributed by atoms with E-state index in [-0.39, 0.29) is 0 Å². The number of benzene rings is 5. The summed E-state index contributed by atoms with van der Waals surface area (Å²) in [7, 11) is 0. The molecule has 6 rings (SSSR count). The van der Waals surface area contributed by atoms with Crippen LogP contribution in [0, 0.1) is 27.7 Å². The molecule has 0 radical (unpaired) electrons. The first-order valence-electron chi connectivity index (χ1n) is 13.2. The summed E-state index contributed by atoms with van der Waals surface area (Å²) in [5.41, 5.74) is 26.7. The van der Waals surface area contributed by atoms with E-state index in [1.54, 1.807) is 0 Å². The molecule has 0 unspecified atom stereocenters. The van der Waals surface area contributed by atoms with Gasteiger partial charge in [0.2, 0.25) is 0 Å². The van der Waals surface area contributed by atoms with Crippen LogP contribution in [0.3, 0.4) is 0 Å². The third-order valence-electron chi connectivity index (χ3n) is 8.51. The van der Waals surface area contributed by atoms with Crippen LogP contribution in [0.25, 0.3) is 10.8 Å². The quantitative estimate of drug-likeness (QED) is 0.253. The van der Waals surface area contributed by atoms with Gasteiger partial charge in [-0.1, -0.05) is 78.9 Å². The molecule has 2 heteroatoms. The van der Waals surface area contributed by atoms with E-state index in [0.717, 1.165) is 46.5 Å². The maximum absolute atomic E-state index is 6.51. The van der Waals surface area contributed by atoms with Gasteiger partial charge in [-0.15, -0.1) is 0 Å². The summed E-state index contributed by atoms with van der Waals surface area (Å²) >= 11 is 0. The molecule has 0 spiro atoms. The number of rotatable bonds is 2. The van der Waals surface area contributed by atoms with Crippen LogP contribution in [0.15, 0.2) is 84.9 Å². The van der Waals surface area contributed by atoms with Crippen LogP contribution in [0.4, 0.5) is 11.4 Å². The predicted octanol–water partition coefficient (Wildman–Crippen LogP) is 7.72. The summed E-state index contributed by atoms with van der Waals surface area (Å²) in [6.45, 7) is 8.51. The predicted molar refractivity (Wildman–Crippen MR) is 157 cm³/mol. The van der Waals surface area contributed by atoms with Crippen molar-refractivity contribution in [3.05, 3.63) is 141 Å². The minimum atomic E-state index is -0.501. The zero-order valence-electron chi connectivity index (χ0n) is 22.2. The number of nitrogens with two attached hydrogens (primary N) is 2. The molecule has 0 saturated heterocycles. The minimum Gasteiger partial charge on any atom is -0.398 e. The molecule has 0 atom stereocenters. The Morgan fingerprint density at radius 3 is 1.54 bits per heavy atom. The van der Waals surface area contributed by atoms with Gasteiger partial charge in [0.25, 0.3) is 0 Å². The summed E-state index contributed by atoms with van der Waals surface area (Å²) < 4.78 is 0. The molecule has 5 aromatic rings. The van der Waals surface area contributed by atoms with Crippen LogP contribution in [-0.2, 0) is 18.3 Å². The number of aryl methyl sites for hydroxylation is 6. The maximum atomic E-state index is 6.51. The van der Waals surface area contributed by atoms with Gasteiger partial charge in [0.15, 0.2) is 0 Å². The lowest BCUT2D eigenvalue weighted by Crippen LogP contribution is -2.33. The van der Waals surface area contributed by atoms with E-state index in [1.165, 1.54) is 44.2 Å². The van der Waals surface area contributed by atoms with Gasteiger partial charge in [0, 0.05) is 11.4 Å². The minimum absolute atomic E-state index is 0.501. The van der Waals surface area contributed by atoms with E-state index >= 15 is 0 Å². The van der Waals surface area contributed by atoms with Crippen molar-refractivity contribution in [2.45, 2.75) is 46.0 Å². The monoisotopic (exact) mass is 482 g/mol. The van der Waals surface area contributed by atoms with Gasteiger partial charge in [-0.25, -0.2) is 0 Å². The van der Waals surface area contributed by atoms with Crippen molar-refractivity contribution in [2.75, 3.05) is 11.5 Å². The fourth-order valence-corrected chi connectivity index (χ4v) is 6.53. The smallest absolute Gasteiger partial charge is 0.0707 e. The molecule has 0 heterocycles. The zero-order chi connectivity index (χ0) is 25.9. The van der Waals surface area contributed by atoms with Crippen molar-refractivity contribution in [3.63, 3.8) is 0 Å². The molecular weight excluding hydrogens is 448 g/mol. The molecule has 37 heavy (non-hydrogen) atoms. The Balaban J connectivity index is 1.87. The molecule has 4 N–H and O–H groups in total. The van der Waals surface area contributed by atoms with Gasteiger partial charge in [-0.3, -0.25) is 0 Å². The van der Waals surface area contributed by atoms with Crippen molar-refractivity contribution in [3.8, 4) is 0 Å². The van der Waals surface area contributed by atoms with Crippen molar-refractivity contribution in [1.29, 1.82) is 0 Å². The highest BCUT2D eigenvalue weighted by molar-refractivity contribution is 5.86. The summed E-state index contributed by atoms with van der Waals surface area (Å²) in [4.78, 5) is 0. The molecule has 5 aromatic carbocycles. The Morgan fingerprint density at radius 2 is 0.973 bits per heavy atom. The van der Waals surface area contributed by atoms with Crippen LogP contribution in [0.5, 0.6) is 0 Å². The van der Waals surface area contributed by atoms with Gasteiger partial charge in [-0.2, -0.15) is 0 Å². The van der Waals surface area contributed by atoms with E-state index in [9.17, 15) is 0 Å². The lowest BCUT2D eigenvalue weighted by atomic mass is 9.62. The van der Waals surface area contributed by atoms with E-state index in [2.05, 4.69) is 113 Å². The van der Waals surface area contributed by atoms with Gasteiger partial charge >= 0.3 is 0 Å². The highest BCUT2D eigenvalue weighted by Crippen LogP contribution is 2.51. The van der Waals surface area contributed by atoms with Crippen molar-refractivity contribution in [2.24, 2.45) is 0 Å². The number of anilines is 2. The van der Waals surface area contributed by atoms with Crippen LogP contribution in [-0.4, -0.2) is 0 Å². The molecule has 184 valence electrons. The second-order valence-electron chi connectivity index (χ2n) is 10.8. The van der Waals surface area contributed by atoms with Crippen LogP contribution in [0.1, 0.15) is 55.6 Å². The summed E-state index contributed by atoms with van der Waals surface area (Å²) in [6.07, 6.45) is 2.00. The Kier molecular flexibility index (Phi) is 5.38. The molecule has 0 fully saturated rings. The third kappa shape index (κ3) is 3.47. The Hall–Kier alpha value is -4.04. The fourth-order valence-electron chi connectivity index (χ4n) is 6.53. The molecule has 0 aliphatic heterocycles. The summed E-state index contributed by atoms with van der Waals surface area (Å²) in [5.74, 6) is 0. The molecule has 0 bridgehead atoms. The van der Waals surface area contributed by atoms with Crippen LogP contribution in [0.2, 0.25) is 0 Å². The molecule has 1 aliphatic rings. The second-order valence-corrected chi connectivity index (χ2v) is 10.8. The Labute approximate surface area is 220 Å². The number of nitrogen functional groups attached to an aromatic ring is 2. The van der Waals surface area contributed by atoms with Gasteiger partial charge in [0.1, 0.15) is 0 Å². The lowest BCUT2D eigenvalue weighted by molar-refractivity contribution is 0.737. The van der Waals surface area contributed by atoms with Crippen molar-refractivity contribution >= 4 is 22.1 Å². The first-order valence-corrected chi connectivity index (χ1v) is 13.2. The zero-order valence-corrected chi connectivity index (χ0v) is 22.2. The van der Waals surface area contributed by atoms with Gasteiger partial charge < -0.3 is 11.5 Å². The summed E-state index contributed by atoms with van der Waals surface area (Å²) in [5, 5.41) is 2.55. The molecule has 1 aliphatic carbocycles. The number of hydrogen-bond acceptors (Lipinski definition) is 2. The van der Waals surface area contributed by atoms with E-state index in [0.29, 0.717) is 0 Å². The largest absolute Gasteiger partial charge is 0.398 e. The molecular formula is C35H34N2.